The lowest BCUT2D eigenvalue weighted by Gasteiger charge is -2.22. The van der Waals surface area contributed by atoms with E-state index in [2.05, 4.69) is 39.5 Å². The highest BCUT2D eigenvalue weighted by Gasteiger charge is 2.14. The number of rotatable bonds is 5. The van der Waals surface area contributed by atoms with Gasteiger partial charge >= 0.3 is 0 Å². The van der Waals surface area contributed by atoms with Crippen molar-refractivity contribution in [2.24, 2.45) is 10.9 Å². The number of hydrogen-bond donors (Lipinski definition) is 2. The predicted molar refractivity (Wildman–Crippen MR) is 104 cm³/mol. The fraction of sp³-hybridized carbons (Fsp3) is 0.733. The lowest BCUT2D eigenvalue weighted by Crippen LogP contribution is -2.40. The second-order valence-electron chi connectivity index (χ2n) is 5.43. The molecule has 2 heterocycles. The fourth-order valence-corrected chi connectivity index (χ4v) is 3.62. The molecule has 2 rings (SSSR count). The molecule has 0 atom stereocenters. The van der Waals surface area contributed by atoms with E-state index in [0.29, 0.717) is 6.54 Å². The summed E-state index contributed by atoms with van der Waals surface area (Å²) >= 11 is 2.06. The van der Waals surface area contributed by atoms with Gasteiger partial charge in [0.15, 0.2) is 5.96 Å². The monoisotopic (exact) mass is 438 g/mol. The van der Waals surface area contributed by atoms with Crippen molar-refractivity contribution in [2.45, 2.75) is 40.2 Å². The Labute approximate surface area is 154 Å². The highest BCUT2D eigenvalue weighted by Crippen LogP contribution is 2.21. The molecule has 1 aliphatic rings. The first kappa shape index (κ1) is 19.6. The summed E-state index contributed by atoms with van der Waals surface area (Å²) in [7, 11) is 0. The Morgan fingerprint density at radius 1 is 1.32 bits per heavy atom. The molecule has 126 valence electrons. The molecular formula is C15H27IN4OS. The second-order valence-corrected chi connectivity index (χ2v) is 6.66. The number of guanidine groups is 1. The number of aryl methyl sites for hydroxylation is 2. The molecule has 1 aromatic heterocycles. The van der Waals surface area contributed by atoms with Gasteiger partial charge in [0.25, 0.3) is 0 Å². The maximum atomic E-state index is 5.18. The summed E-state index contributed by atoms with van der Waals surface area (Å²) in [6.07, 6.45) is 2.61. The van der Waals surface area contributed by atoms with Gasteiger partial charge in [0.1, 0.15) is 5.76 Å². The quantitative estimate of drug-likeness (QED) is 0.420. The minimum absolute atomic E-state index is 0. The summed E-state index contributed by atoms with van der Waals surface area (Å²) in [5, 5.41) is 10.7. The van der Waals surface area contributed by atoms with E-state index in [1.54, 1.807) is 0 Å². The van der Waals surface area contributed by atoms with Crippen molar-refractivity contribution in [2.75, 3.05) is 24.6 Å². The Morgan fingerprint density at radius 3 is 2.64 bits per heavy atom. The normalized spacial score (nSPS) is 16.2. The summed E-state index contributed by atoms with van der Waals surface area (Å²) in [6.45, 7) is 8.47. The molecule has 1 aromatic rings. The van der Waals surface area contributed by atoms with Crippen LogP contribution in [0.4, 0.5) is 0 Å². The van der Waals surface area contributed by atoms with Crippen molar-refractivity contribution in [3.05, 3.63) is 17.0 Å². The van der Waals surface area contributed by atoms with Crippen LogP contribution in [0.5, 0.6) is 0 Å². The number of nitrogens with one attached hydrogen (secondary N) is 2. The Balaban J connectivity index is 0.00000242. The SMILES string of the molecule is CCNC(=NCc1c(C)noc1C)NCC1CCSCC1.I. The number of nitrogens with zero attached hydrogens (tertiary/aromatic N) is 2. The standard InChI is InChI=1S/C15H26N4OS.HI/c1-4-16-15(17-9-13-5-7-21-8-6-13)18-10-14-11(2)19-20-12(14)3;/h13H,4-10H2,1-3H3,(H2,16,17,18);1H. The van der Waals surface area contributed by atoms with Crippen LogP contribution in [0, 0.1) is 19.8 Å². The number of halogens is 1. The van der Waals surface area contributed by atoms with Gasteiger partial charge in [-0.05, 0) is 51.0 Å². The lowest BCUT2D eigenvalue weighted by molar-refractivity contribution is 0.392. The first-order valence-corrected chi connectivity index (χ1v) is 8.87. The van der Waals surface area contributed by atoms with Crippen molar-refractivity contribution in [1.82, 2.24) is 15.8 Å². The van der Waals surface area contributed by atoms with Gasteiger partial charge in [-0.2, -0.15) is 11.8 Å². The van der Waals surface area contributed by atoms with Crippen molar-refractivity contribution in [3.8, 4) is 0 Å². The van der Waals surface area contributed by atoms with Gasteiger partial charge in [-0.25, -0.2) is 4.99 Å². The molecule has 22 heavy (non-hydrogen) atoms. The highest BCUT2D eigenvalue weighted by molar-refractivity contribution is 14.0. The third-order valence-corrected chi connectivity index (χ3v) is 4.87. The molecule has 1 saturated heterocycles. The van der Waals surface area contributed by atoms with Gasteiger partial charge in [0.05, 0.1) is 12.2 Å². The number of hydrogen-bond acceptors (Lipinski definition) is 4. The van der Waals surface area contributed by atoms with E-state index in [1.807, 2.05) is 13.8 Å². The fourth-order valence-electron chi connectivity index (χ4n) is 2.42. The Morgan fingerprint density at radius 2 is 2.05 bits per heavy atom. The van der Waals surface area contributed by atoms with Gasteiger partial charge in [-0.15, -0.1) is 24.0 Å². The number of aromatic nitrogens is 1. The van der Waals surface area contributed by atoms with Crippen LogP contribution >= 0.6 is 35.7 Å². The molecule has 0 radical (unpaired) electrons. The maximum absolute atomic E-state index is 5.18. The minimum Gasteiger partial charge on any atom is -0.361 e. The third kappa shape index (κ3) is 5.98. The third-order valence-electron chi connectivity index (χ3n) is 3.82. The largest absolute Gasteiger partial charge is 0.361 e. The average molecular weight is 438 g/mol. The highest BCUT2D eigenvalue weighted by atomic mass is 127. The molecule has 0 unspecified atom stereocenters. The van der Waals surface area contributed by atoms with E-state index in [1.165, 1.54) is 24.3 Å². The number of aliphatic imine (C=N–C) groups is 1. The van der Waals surface area contributed by atoms with Crippen molar-refractivity contribution < 1.29 is 4.52 Å². The van der Waals surface area contributed by atoms with Gasteiger partial charge in [-0.3, -0.25) is 0 Å². The minimum atomic E-state index is 0. The van der Waals surface area contributed by atoms with Crippen molar-refractivity contribution in [1.29, 1.82) is 0 Å². The first-order chi connectivity index (χ1) is 10.2. The molecule has 7 heteroatoms. The smallest absolute Gasteiger partial charge is 0.191 e. The van der Waals surface area contributed by atoms with Gasteiger partial charge in [-0.1, -0.05) is 5.16 Å². The van der Waals surface area contributed by atoms with E-state index in [-0.39, 0.29) is 24.0 Å². The zero-order valence-electron chi connectivity index (χ0n) is 13.6. The summed E-state index contributed by atoms with van der Waals surface area (Å²) in [5.41, 5.74) is 2.01. The maximum Gasteiger partial charge on any atom is 0.191 e. The van der Waals surface area contributed by atoms with Crippen LogP contribution in [0.2, 0.25) is 0 Å². The molecule has 0 spiro atoms. The van der Waals surface area contributed by atoms with E-state index in [0.717, 1.165) is 42.0 Å². The Kier molecular flexibility index (Phi) is 9.23. The van der Waals surface area contributed by atoms with Crippen LogP contribution in [0.3, 0.4) is 0 Å². The van der Waals surface area contributed by atoms with Crippen LogP contribution in [0.25, 0.3) is 0 Å². The molecule has 0 aromatic carbocycles. The second kappa shape index (κ2) is 10.4. The molecule has 2 N–H and O–H groups in total. The van der Waals surface area contributed by atoms with Gasteiger partial charge in [0.2, 0.25) is 0 Å². The molecule has 0 bridgehead atoms. The van der Waals surface area contributed by atoms with E-state index < -0.39 is 0 Å². The summed E-state index contributed by atoms with van der Waals surface area (Å²) in [5.74, 6) is 5.10. The van der Waals surface area contributed by atoms with Crippen molar-refractivity contribution >= 4 is 41.7 Å². The summed E-state index contributed by atoms with van der Waals surface area (Å²) < 4.78 is 5.18. The first-order valence-electron chi connectivity index (χ1n) is 7.72. The van der Waals surface area contributed by atoms with E-state index in [4.69, 9.17) is 4.52 Å². The summed E-state index contributed by atoms with van der Waals surface area (Å²) in [6, 6.07) is 0. The zero-order valence-corrected chi connectivity index (χ0v) is 16.8. The Hall–Kier alpha value is -0.440. The lowest BCUT2D eigenvalue weighted by atomic mass is 10.0. The summed E-state index contributed by atoms with van der Waals surface area (Å²) in [4.78, 5) is 4.65. The molecule has 1 fully saturated rings. The van der Waals surface area contributed by atoms with E-state index >= 15 is 0 Å². The zero-order chi connectivity index (χ0) is 15.1. The van der Waals surface area contributed by atoms with Gasteiger partial charge in [0, 0.05) is 18.7 Å². The number of thioether (sulfide) groups is 1. The van der Waals surface area contributed by atoms with Gasteiger partial charge < -0.3 is 15.2 Å². The van der Waals surface area contributed by atoms with Crippen LogP contribution in [0.15, 0.2) is 9.52 Å². The topological polar surface area (TPSA) is 62.5 Å². The predicted octanol–water partition coefficient (Wildman–Crippen LogP) is 3.11. The average Bonchev–Trinajstić information content (AvgIpc) is 2.82. The molecule has 0 aliphatic carbocycles. The van der Waals surface area contributed by atoms with Crippen LogP contribution < -0.4 is 10.6 Å². The molecular weight excluding hydrogens is 411 g/mol. The Bertz CT molecular complexity index is 453. The van der Waals surface area contributed by atoms with E-state index in [9.17, 15) is 0 Å². The molecule has 0 saturated carbocycles. The molecule has 5 nitrogen and oxygen atoms in total. The van der Waals surface area contributed by atoms with Crippen molar-refractivity contribution in [3.63, 3.8) is 0 Å². The molecule has 0 amide bonds. The van der Waals surface area contributed by atoms with Crippen LogP contribution in [0.1, 0.15) is 36.8 Å². The van der Waals surface area contributed by atoms with Crippen LogP contribution in [-0.2, 0) is 6.54 Å². The molecule has 1 aliphatic heterocycles. The van der Waals surface area contributed by atoms with Crippen LogP contribution in [-0.4, -0.2) is 35.7 Å².